The van der Waals surface area contributed by atoms with Crippen LogP contribution < -0.4 is 15.5 Å². The Morgan fingerprint density at radius 2 is 1.95 bits per heavy atom. The van der Waals surface area contributed by atoms with Crippen LogP contribution in [0, 0.1) is 0 Å². The molecule has 2 unspecified atom stereocenters. The van der Waals surface area contributed by atoms with Crippen LogP contribution in [0.15, 0.2) is 4.99 Å². The van der Waals surface area contributed by atoms with E-state index in [0.29, 0.717) is 19.3 Å². The molecule has 0 aliphatic carbocycles. The van der Waals surface area contributed by atoms with Crippen LogP contribution >= 0.6 is 0 Å². The smallest absolute Gasteiger partial charge is 0.862 e. The molecule has 1 fully saturated rings. The number of carbonyl (C=O) groups is 3. The number of carboxylic acids is 2. The maximum absolute atomic E-state index is 10.4. The van der Waals surface area contributed by atoms with Gasteiger partial charge in [0.2, 0.25) is 5.91 Å². The van der Waals surface area contributed by atoms with Crippen LogP contribution in [0.3, 0.4) is 0 Å². The van der Waals surface area contributed by atoms with E-state index < -0.39 is 24.0 Å². The molecule has 0 radical (unpaired) electrons. The fourth-order valence-electron chi connectivity index (χ4n) is 1.53. The molecule has 2 heterocycles. The number of rotatable bonds is 2. The number of aliphatic imine (C=N–C) groups is 1. The number of aliphatic carboxylic acids is 2. The molecule has 0 bridgehead atoms. The first kappa shape index (κ1) is 17.8. The molecule has 2 rings (SSSR count). The van der Waals surface area contributed by atoms with Gasteiger partial charge in [0, 0.05) is 6.42 Å². The predicted octanol–water partition coefficient (Wildman–Crippen LogP) is -3.00. The van der Waals surface area contributed by atoms with Crippen molar-refractivity contribution in [2.75, 3.05) is 0 Å². The molecule has 8 nitrogen and oxygen atoms in total. The van der Waals surface area contributed by atoms with Crippen LogP contribution in [0.2, 0.25) is 0 Å². The minimum Gasteiger partial charge on any atom is -0.862 e. The first-order chi connectivity index (χ1) is 8.40. The maximum atomic E-state index is 10.4. The molecule has 1 amide bonds. The van der Waals surface area contributed by atoms with Gasteiger partial charge in [-0.15, -0.1) is 0 Å². The van der Waals surface area contributed by atoms with Gasteiger partial charge < -0.3 is 25.4 Å². The maximum Gasteiger partial charge on any atom is 2.00 e. The van der Waals surface area contributed by atoms with E-state index in [0.717, 1.165) is 0 Å². The molecule has 19 heavy (non-hydrogen) atoms. The summed E-state index contributed by atoms with van der Waals surface area (Å²) in [5.74, 6) is -2.69. The Bertz CT molecular complexity index is 397. The molecule has 100 valence electrons. The van der Waals surface area contributed by atoms with Gasteiger partial charge in [0.05, 0.1) is 12.0 Å². The van der Waals surface area contributed by atoms with Crippen molar-refractivity contribution >= 4 is 23.7 Å². The van der Waals surface area contributed by atoms with Crippen LogP contribution in [0.1, 0.15) is 25.7 Å². The Morgan fingerprint density at radius 3 is 2.16 bits per heavy atom. The van der Waals surface area contributed by atoms with Crippen molar-refractivity contribution < 1.29 is 57.0 Å². The first-order valence-electron chi connectivity index (χ1n) is 5.37. The molecule has 0 aromatic rings. The number of amides is 1. The van der Waals surface area contributed by atoms with Gasteiger partial charge in [-0.05, 0) is 25.2 Å². The van der Waals surface area contributed by atoms with Gasteiger partial charge in [-0.1, -0.05) is 0 Å². The van der Waals surface area contributed by atoms with E-state index in [2.05, 4.69) is 10.3 Å². The van der Waals surface area contributed by atoms with Gasteiger partial charge in [-0.3, -0.25) is 9.79 Å². The fourth-order valence-corrected chi connectivity index (χ4v) is 1.53. The second-order valence-electron chi connectivity index (χ2n) is 3.89. The van der Waals surface area contributed by atoms with Crippen molar-refractivity contribution in [2.24, 2.45) is 4.99 Å². The third-order valence-corrected chi connectivity index (χ3v) is 2.50. The summed E-state index contributed by atoms with van der Waals surface area (Å²) in [6.07, 6.45) is 1.32. The molecule has 0 aromatic carbocycles. The summed E-state index contributed by atoms with van der Waals surface area (Å²) >= 11 is 0. The van der Waals surface area contributed by atoms with E-state index in [1.165, 1.54) is 0 Å². The zero-order valence-corrected chi connectivity index (χ0v) is 14.2. The van der Waals surface area contributed by atoms with Crippen LogP contribution in [0.25, 0.3) is 0 Å². The Hall–Kier alpha value is -1.20. The fraction of sp³-hybridized carbons (Fsp3) is 0.600. The zero-order valence-electron chi connectivity index (χ0n) is 10.1. The number of nitrogens with one attached hydrogen (secondary N) is 1. The summed E-state index contributed by atoms with van der Waals surface area (Å²) in [5.41, 5.74) is 0. The third-order valence-electron chi connectivity index (χ3n) is 2.50. The average Bonchev–Trinajstić information content (AvgIpc) is 2.88. The summed E-state index contributed by atoms with van der Waals surface area (Å²) in [5, 5.41) is 30.9. The first-order valence-corrected chi connectivity index (χ1v) is 5.37. The number of carbonyl (C=O) groups excluding carboxylic acids is 2. The normalized spacial score (nSPS) is 24.4. The standard InChI is InChI=1S/2C5H7NO3.Cd/c2*7-4-2-1-3(6-4)5(8)9;/h2*3H,1-2H2,(H,6,7)(H,8,9);/q;;+2/p-2. The summed E-state index contributed by atoms with van der Waals surface area (Å²) in [7, 11) is 0. The zero-order chi connectivity index (χ0) is 13.7. The van der Waals surface area contributed by atoms with Gasteiger partial charge in [-0.25, -0.2) is 4.79 Å². The molecular weight excluding hydrogens is 357 g/mol. The van der Waals surface area contributed by atoms with Crippen molar-refractivity contribution in [1.29, 1.82) is 0 Å². The number of carboxylic acid groups (broad SMARTS) is 2. The summed E-state index contributed by atoms with van der Waals surface area (Å²) in [6, 6.07) is -1.52. The number of hydrogen-bond acceptors (Lipinski definition) is 6. The van der Waals surface area contributed by atoms with Crippen molar-refractivity contribution in [3.63, 3.8) is 0 Å². The predicted molar refractivity (Wildman–Crippen MR) is 54.3 cm³/mol. The molecule has 2 aliphatic heterocycles. The van der Waals surface area contributed by atoms with Crippen molar-refractivity contribution in [3.05, 3.63) is 0 Å². The van der Waals surface area contributed by atoms with Crippen molar-refractivity contribution in [3.8, 4) is 0 Å². The Morgan fingerprint density at radius 1 is 1.32 bits per heavy atom. The summed E-state index contributed by atoms with van der Waals surface area (Å²) in [4.78, 5) is 33.8. The second kappa shape index (κ2) is 8.07. The molecule has 9 heteroatoms. The molecule has 0 aromatic heterocycles. The average molecular weight is 369 g/mol. The monoisotopic (exact) mass is 370 g/mol. The third kappa shape index (κ3) is 5.98. The van der Waals surface area contributed by atoms with Gasteiger partial charge in [0.15, 0.2) is 0 Å². The molecule has 1 saturated heterocycles. The molecule has 2 atom stereocenters. The van der Waals surface area contributed by atoms with E-state index in [9.17, 15) is 24.6 Å². The quantitative estimate of drug-likeness (QED) is 0.498. The summed E-state index contributed by atoms with van der Waals surface area (Å²) in [6.45, 7) is 0. The van der Waals surface area contributed by atoms with Gasteiger partial charge in [0.1, 0.15) is 6.04 Å². The minimum absolute atomic E-state index is 0. The van der Waals surface area contributed by atoms with Crippen LogP contribution in [-0.4, -0.2) is 40.9 Å². The van der Waals surface area contributed by atoms with E-state index in [1.54, 1.807) is 0 Å². The van der Waals surface area contributed by atoms with Crippen molar-refractivity contribution in [1.82, 2.24) is 5.32 Å². The van der Waals surface area contributed by atoms with Crippen LogP contribution in [-0.2, 0) is 41.7 Å². The molecule has 2 aliphatic rings. The molecule has 0 spiro atoms. The van der Waals surface area contributed by atoms with E-state index in [1.807, 2.05) is 0 Å². The van der Waals surface area contributed by atoms with E-state index in [-0.39, 0.29) is 45.5 Å². The minimum atomic E-state index is -1.25. The number of hydrogen-bond donors (Lipinski definition) is 2. The second-order valence-corrected chi connectivity index (χ2v) is 3.89. The van der Waals surface area contributed by atoms with E-state index in [4.69, 9.17) is 5.11 Å². The Labute approximate surface area is 129 Å². The van der Waals surface area contributed by atoms with Crippen LogP contribution in [0.5, 0.6) is 0 Å². The molecular formula is C10H12CdN2O6. The van der Waals surface area contributed by atoms with E-state index >= 15 is 0 Å². The van der Waals surface area contributed by atoms with Gasteiger partial charge in [0.25, 0.3) is 0 Å². The van der Waals surface area contributed by atoms with Crippen molar-refractivity contribution in [2.45, 2.75) is 37.8 Å². The van der Waals surface area contributed by atoms with Gasteiger partial charge >= 0.3 is 33.3 Å². The Kier molecular flexibility index (Phi) is 7.56. The number of nitrogens with zero attached hydrogens (tertiary/aromatic N) is 1. The van der Waals surface area contributed by atoms with Crippen LogP contribution in [0.4, 0.5) is 0 Å². The van der Waals surface area contributed by atoms with Gasteiger partial charge in [-0.2, -0.15) is 0 Å². The summed E-state index contributed by atoms with van der Waals surface area (Å²) < 4.78 is 0. The molecule has 0 saturated carbocycles. The Balaban J connectivity index is 0.000000324. The topological polar surface area (TPSA) is 142 Å². The molecule has 2 N–H and O–H groups in total. The SMILES string of the molecule is O=C([O-])C1CCC([O-])=N1.O=C1CCC(C(=O)O)N1.[Cd+2]. The largest absolute Gasteiger partial charge is 2.00 e.